The number of rotatable bonds is 2. The first-order valence-electron chi connectivity index (χ1n) is 4.35. The van der Waals surface area contributed by atoms with Crippen molar-refractivity contribution in [2.24, 2.45) is 0 Å². The Balaban J connectivity index is 2.98. The number of halogens is 1. The smallest absolute Gasteiger partial charge is 0.165 e. The van der Waals surface area contributed by atoms with E-state index in [2.05, 4.69) is 0 Å². The Bertz CT molecular complexity index is 356. The van der Waals surface area contributed by atoms with E-state index < -0.39 is 11.9 Å². The second kappa shape index (κ2) is 4.24. The number of phenolic OH excluding ortho intramolecular Hbond substituents is 1. The van der Waals surface area contributed by atoms with Crippen LogP contribution in [0.1, 0.15) is 19.4 Å². The van der Waals surface area contributed by atoms with Crippen molar-refractivity contribution in [3.8, 4) is 5.75 Å². The predicted molar refractivity (Wildman–Crippen MR) is 53.4 cm³/mol. The molecule has 1 atom stereocenters. The minimum Gasteiger partial charge on any atom is -0.505 e. The molecule has 0 aliphatic rings. The molecule has 2 N–H and O–H groups in total. The molecule has 0 bridgehead atoms. The van der Waals surface area contributed by atoms with Crippen LogP contribution < -0.4 is 0 Å². The van der Waals surface area contributed by atoms with Crippen molar-refractivity contribution in [3.63, 3.8) is 0 Å². The second-order valence-electron chi connectivity index (χ2n) is 3.28. The Hall–Kier alpha value is -1.35. The average molecular weight is 196 g/mol. The summed E-state index contributed by atoms with van der Waals surface area (Å²) in [7, 11) is 0. The van der Waals surface area contributed by atoms with Gasteiger partial charge in [-0.15, -0.1) is 0 Å². The number of hydrogen-bond donors (Lipinski definition) is 2. The molecule has 0 aliphatic carbocycles. The van der Waals surface area contributed by atoms with Gasteiger partial charge < -0.3 is 10.2 Å². The fourth-order valence-electron chi connectivity index (χ4n) is 0.996. The predicted octanol–water partition coefficient (Wildman–Crippen LogP) is 2.32. The zero-order chi connectivity index (χ0) is 10.7. The van der Waals surface area contributed by atoms with Crippen LogP contribution in [0, 0.1) is 5.82 Å². The highest BCUT2D eigenvalue weighted by atomic mass is 19.1. The maximum absolute atomic E-state index is 12.9. The molecule has 0 aromatic heterocycles. The maximum atomic E-state index is 12.9. The molecule has 3 heteroatoms. The van der Waals surface area contributed by atoms with Crippen molar-refractivity contribution in [1.29, 1.82) is 0 Å². The molecule has 1 unspecified atom stereocenters. The van der Waals surface area contributed by atoms with Gasteiger partial charge >= 0.3 is 0 Å². The molecule has 0 saturated heterocycles. The molecule has 0 radical (unpaired) electrons. The Morgan fingerprint density at radius 2 is 2.14 bits per heavy atom. The van der Waals surface area contributed by atoms with Crippen molar-refractivity contribution >= 4 is 6.08 Å². The monoisotopic (exact) mass is 196 g/mol. The van der Waals surface area contributed by atoms with E-state index in [1.165, 1.54) is 12.1 Å². The van der Waals surface area contributed by atoms with Gasteiger partial charge in [-0.2, -0.15) is 0 Å². The Labute approximate surface area is 82.3 Å². The van der Waals surface area contributed by atoms with Gasteiger partial charge in [0.05, 0.1) is 6.10 Å². The van der Waals surface area contributed by atoms with E-state index in [1.54, 1.807) is 26.0 Å². The van der Waals surface area contributed by atoms with E-state index in [4.69, 9.17) is 5.11 Å². The molecule has 0 saturated carbocycles. The minimum absolute atomic E-state index is 0.364. The number of aliphatic hydroxyl groups excluding tert-OH is 1. The SMILES string of the molecule is C/C(=C\c1ccc(O)c(F)c1)C(C)O. The molecular formula is C11H13FO2. The van der Waals surface area contributed by atoms with Gasteiger partial charge in [0.15, 0.2) is 11.6 Å². The Kier molecular flexibility index (Phi) is 3.25. The van der Waals surface area contributed by atoms with E-state index in [9.17, 15) is 9.50 Å². The molecule has 0 amide bonds. The summed E-state index contributed by atoms with van der Waals surface area (Å²) in [5.41, 5.74) is 1.37. The zero-order valence-electron chi connectivity index (χ0n) is 8.16. The lowest BCUT2D eigenvalue weighted by atomic mass is 10.1. The molecular weight excluding hydrogens is 183 g/mol. The van der Waals surface area contributed by atoms with E-state index >= 15 is 0 Å². The van der Waals surface area contributed by atoms with Crippen LogP contribution in [0.5, 0.6) is 5.75 Å². The van der Waals surface area contributed by atoms with E-state index in [-0.39, 0.29) is 5.75 Å². The third kappa shape index (κ3) is 2.57. The summed E-state index contributed by atoms with van der Waals surface area (Å²) in [6.45, 7) is 3.40. The molecule has 1 rings (SSSR count). The Morgan fingerprint density at radius 1 is 1.50 bits per heavy atom. The molecule has 1 aromatic rings. The van der Waals surface area contributed by atoms with Crippen molar-refractivity contribution in [2.75, 3.05) is 0 Å². The van der Waals surface area contributed by atoms with Crippen LogP contribution in [-0.4, -0.2) is 16.3 Å². The minimum atomic E-state index is -0.655. The summed E-state index contributed by atoms with van der Waals surface area (Å²) in [6.07, 6.45) is 1.12. The summed E-state index contributed by atoms with van der Waals surface area (Å²) >= 11 is 0. The zero-order valence-corrected chi connectivity index (χ0v) is 8.16. The molecule has 1 aromatic carbocycles. The number of benzene rings is 1. The van der Waals surface area contributed by atoms with Gasteiger partial charge in [-0.3, -0.25) is 0 Å². The first kappa shape index (κ1) is 10.7. The van der Waals surface area contributed by atoms with Gasteiger partial charge in [0, 0.05) is 0 Å². The van der Waals surface area contributed by atoms with Gasteiger partial charge in [-0.25, -0.2) is 4.39 Å². The summed E-state index contributed by atoms with van der Waals surface area (Å²) in [5, 5.41) is 18.1. The highest BCUT2D eigenvalue weighted by Gasteiger charge is 2.02. The van der Waals surface area contributed by atoms with Crippen molar-refractivity contribution < 1.29 is 14.6 Å². The normalized spacial score (nSPS) is 14.1. The topological polar surface area (TPSA) is 40.5 Å². The Morgan fingerprint density at radius 3 is 2.64 bits per heavy atom. The maximum Gasteiger partial charge on any atom is 0.165 e. The number of aromatic hydroxyl groups is 1. The van der Waals surface area contributed by atoms with E-state index in [0.29, 0.717) is 5.56 Å². The van der Waals surface area contributed by atoms with Gasteiger partial charge in [0.25, 0.3) is 0 Å². The number of aliphatic hydroxyl groups is 1. The standard InChI is InChI=1S/C11H13FO2/c1-7(8(2)13)5-9-3-4-11(14)10(12)6-9/h3-6,8,13-14H,1-2H3/b7-5+. The van der Waals surface area contributed by atoms with Gasteiger partial charge in [0.1, 0.15) is 0 Å². The fraction of sp³-hybridized carbons (Fsp3) is 0.273. The summed E-state index contributed by atoms with van der Waals surface area (Å²) in [4.78, 5) is 0. The first-order valence-corrected chi connectivity index (χ1v) is 4.35. The largest absolute Gasteiger partial charge is 0.505 e. The van der Waals surface area contributed by atoms with Crippen molar-refractivity contribution in [3.05, 3.63) is 35.2 Å². The highest BCUT2D eigenvalue weighted by molar-refractivity contribution is 5.54. The van der Waals surface area contributed by atoms with Gasteiger partial charge in [-0.05, 0) is 37.1 Å². The van der Waals surface area contributed by atoms with Crippen molar-refractivity contribution in [1.82, 2.24) is 0 Å². The molecule has 0 aliphatic heterocycles. The van der Waals surface area contributed by atoms with Crippen LogP contribution in [0.15, 0.2) is 23.8 Å². The number of hydrogen-bond acceptors (Lipinski definition) is 2. The fourth-order valence-corrected chi connectivity index (χ4v) is 0.996. The van der Waals surface area contributed by atoms with E-state index in [0.717, 1.165) is 5.57 Å². The van der Waals surface area contributed by atoms with Crippen LogP contribution in [-0.2, 0) is 0 Å². The quantitative estimate of drug-likeness (QED) is 0.762. The first-order chi connectivity index (χ1) is 6.50. The highest BCUT2D eigenvalue weighted by Crippen LogP contribution is 2.18. The van der Waals surface area contributed by atoms with Crippen LogP contribution in [0.2, 0.25) is 0 Å². The molecule has 76 valence electrons. The summed E-state index contributed by atoms with van der Waals surface area (Å²) in [6, 6.07) is 4.10. The van der Waals surface area contributed by atoms with Crippen LogP contribution >= 0.6 is 0 Å². The van der Waals surface area contributed by atoms with Crippen LogP contribution in [0.3, 0.4) is 0 Å². The summed E-state index contributed by atoms with van der Waals surface area (Å²) in [5.74, 6) is -1.02. The summed E-state index contributed by atoms with van der Waals surface area (Å²) < 4.78 is 12.9. The van der Waals surface area contributed by atoms with Crippen LogP contribution in [0.4, 0.5) is 4.39 Å². The lowest BCUT2D eigenvalue weighted by molar-refractivity contribution is 0.232. The second-order valence-corrected chi connectivity index (χ2v) is 3.28. The van der Waals surface area contributed by atoms with Gasteiger partial charge in [-0.1, -0.05) is 12.1 Å². The average Bonchev–Trinajstić information content (AvgIpc) is 2.11. The van der Waals surface area contributed by atoms with Crippen molar-refractivity contribution in [2.45, 2.75) is 20.0 Å². The lowest BCUT2D eigenvalue weighted by Crippen LogP contribution is -2.00. The molecule has 2 nitrogen and oxygen atoms in total. The van der Waals surface area contributed by atoms with E-state index in [1.807, 2.05) is 0 Å². The van der Waals surface area contributed by atoms with Crippen LogP contribution in [0.25, 0.3) is 6.08 Å². The molecule has 0 fully saturated rings. The molecule has 14 heavy (non-hydrogen) atoms. The molecule has 0 spiro atoms. The lowest BCUT2D eigenvalue weighted by Gasteiger charge is -2.04. The third-order valence-corrected chi connectivity index (χ3v) is 2.03. The molecule has 0 heterocycles. The third-order valence-electron chi connectivity index (χ3n) is 2.03. The number of phenols is 1. The van der Waals surface area contributed by atoms with Gasteiger partial charge in [0.2, 0.25) is 0 Å².